The second kappa shape index (κ2) is 5.79. The minimum atomic E-state index is -0.464. The highest BCUT2D eigenvalue weighted by molar-refractivity contribution is 9.10. The number of nitro groups is 1. The van der Waals surface area contributed by atoms with Crippen molar-refractivity contribution in [2.45, 2.75) is 13.0 Å². The van der Waals surface area contributed by atoms with Crippen molar-refractivity contribution in [3.05, 3.63) is 62.7 Å². The van der Waals surface area contributed by atoms with Crippen LogP contribution in [0.4, 0.5) is 11.5 Å². The van der Waals surface area contributed by atoms with E-state index in [9.17, 15) is 10.1 Å². The van der Waals surface area contributed by atoms with E-state index in [4.69, 9.17) is 0 Å². The number of halogens is 1. The number of anilines is 1. The van der Waals surface area contributed by atoms with Crippen molar-refractivity contribution in [2.75, 3.05) is 5.32 Å². The lowest BCUT2D eigenvalue weighted by atomic mass is 10.1. The third-order valence-electron chi connectivity index (χ3n) is 2.69. The molecule has 1 aromatic heterocycles. The lowest BCUT2D eigenvalue weighted by Gasteiger charge is -2.16. The normalized spacial score (nSPS) is 11.9. The van der Waals surface area contributed by atoms with Crippen LogP contribution < -0.4 is 5.32 Å². The van der Waals surface area contributed by atoms with Gasteiger partial charge in [-0.15, -0.1) is 0 Å². The Morgan fingerprint density at radius 2 is 2.05 bits per heavy atom. The highest BCUT2D eigenvalue weighted by Gasteiger charge is 2.10. The van der Waals surface area contributed by atoms with Crippen LogP contribution in [0, 0.1) is 10.1 Å². The monoisotopic (exact) mass is 321 g/mol. The van der Waals surface area contributed by atoms with Gasteiger partial charge in [-0.1, -0.05) is 34.1 Å². The van der Waals surface area contributed by atoms with Crippen molar-refractivity contribution in [3.63, 3.8) is 0 Å². The summed E-state index contributed by atoms with van der Waals surface area (Å²) >= 11 is 3.49. The highest BCUT2D eigenvalue weighted by Crippen LogP contribution is 2.25. The predicted molar refractivity (Wildman–Crippen MR) is 77.1 cm³/mol. The first-order valence-corrected chi connectivity index (χ1v) is 6.48. The molecule has 19 heavy (non-hydrogen) atoms. The zero-order chi connectivity index (χ0) is 13.8. The molecule has 2 aromatic rings. The standard InChI is InChI=1S/C13H12BrN3O2/c1-9(11-4-2-3-5-12(11)14)16-13-7-6-10(8-15-13)17(18)19/h2-9H,1H3,(H,15,16)/t9-/m1/s1. The molecule has 1 N–H and O–H groups in total. The zero-order valence-corrected chi connectivity index (χ0v) is 11.8. The van der Waals surface area contributed by atoms with Gasteiger partial charge in [0.2, 0.25) is 0 Å². The molecule has 1 aromatic carbocycles. The van der Waals surface area contributed by atoms with E-state index in [1.807, 2.05) is 31.2 Å². The number of hydrogen-bond acceptors (Lipinski definition) is 4. The Balaban J connectivity index is 2.13. The van der Waals surface area contributed by atoms with Crippen LogP contribution in [-0.2, 0) is 0 Å². The average molecular weight is 322 g/mol. The summed E-state index contributed by atoms with van der Waals surface area (Å²) in [4.78, 5) is 14.1. The first kappa shape index (κ1) is 13.5. The van der Waals surface area contributed by atoms with E-state index in [1.165, 1.54) is 12.3 Å². The third-order valence-corrected chi connectivity index (χ3v) is 3.42. The van der Waals surface area contributed by atoms with E-state index in [1.54, 1.807) is 6.07 Å². The summed E-state index contributed by atoms with van der Waals surface area (Å²) in [5, 5.41) is 13.7. The topological polar surface area (TPSA) is 68.1 Å². The van der Waals surface area contributed by atoms with E-state index in [2.05, 4.69) is 26.2 Å². The molecule has 0 radical (unpaired) electrons. The van der Waals surface area contributed by atoms with Crippen LogP contribution in [0.5, 0.6) is 0 Å². The Bertz CT molecular complexity index is 587. The Morgan fingerprint density at radius 3 is 2.63 bits per heavy atom. The maximum absolute atomic E-state index is 10.5. The van der Waals surface area contributed by atoms with Crippen LogP contribution in [0.1, 0.15) is 18.5 Å². The molecule has 0 fully saturated rings. The summed E-state index contributed by atoms with van der Waals surface area (Å²) in [7, 11) is 0. The fraction of sp³-hybridized carbons (Fsp3) is 0.154. The number of nitrogens with zero attached hydrogens (tertiary/aromatic N) is 2. The fourth-order valence-electron chi connectivity index (χ4n) is 1.71. The maximum Gasteiger partial charge on any atom is 0.287 e. The Labute approximate surface area is 119 Å². The SMILES string of the molecule is C[C@@H](Nc1ccc([N+](=O)[O-])cn1)c1ccccc1Br. The van der Waals surface area contributed by atoms with Gasteiger partial charge in [-0.05, 0) is 24.6 Å². The Kier molecular flexibility index (Phi) is 4.11. The summed E-state index contributed by atoms with van der Waals surface area (Å²) in [5.41, 5.74) is 1.08. The molecule has 2 rings (SSSR count). The number of pyridine rings is 1. The van der Waals surface area contributed by atoms with Crippen molar-refractivity contribution in [3.8, 4) is 0 Å². The quantitative estimate of drug-likeness (QED) is 0.684. The minimum Gasteiger partial charge on any atom is -0.364 e. The van der Waals surface area contributed by atoms with Crippen LogP contribution >= 0.6 is 15.9 Å². The summed E-state index contributed by atoms with van der Waals surface area (Å²) in [6.07, 6.45) is 1.25. The summed E-state index contributed by atoms with van der Waals surface area (Å²) in [5.74, 6) is 0.605. The molecule has 6 heteroatoms. The number of hydrogen-bond donors (Lipinski definition) is 1. The molecule has 0 saturated carbocycles. The summed E-state index contributed by atoms with van der Waals surface area (Å²) in [6, 6.07) is 11.0. The van der Waals surface area contributed by atoms with Crippen LogP contribution in [0.3, 0.4) is 0 Å². The van der Waals surface area contributed by atoms with Gasteiger partial charge in [0, 0.05) is 10.5 Å². The van der Waals surface area contributed by atoms with Gasteiger partial charge in [0.25, 0.3) is 5.69 Å². The van der Waals surface area contributed by atoms with Crippen molar-refractivity contribution in [1.82, 2.24) is 4.98 Å². The van der Waals surface area contributed by atoms with Crippen molar-refractivity contribution in [2.24, 2.45) is 0 Å². The minimum absolute atomic E-state index is 0.0147. The first-order valence-electron chi connectivity index (χ1n) is 5.69. The van der Waals surface area contributed by atoms with Gasteiger partial charge in [0.1, 0.15) is 12.0 Å². The molecule has 0 aliphatic carbocycles. The smallest absolute Gasteiger partial charge is 0.287 e. The molecule has 0 amide bonds. The van der Waals surface area contributed by atoms with Crippen LogP contribution in [-0.4, -0.2) is 9.91 Å². The van der Waals surface area contributed by atoms with Gasteiger partial charge in [0.15, 0.2) is 0 Å². The Hall–Kier alpha value is -1.95. The molecule has 0 spiro atoms. The van der Waals surface area contributed by atoms with Gasteiger partial charge in [-0.2, -0.15) is 0 Å². The molecule has 0 aliphatic heterocycles. The second-order valence-corrected chi connectivity index (χ2v) is 4.90. The van der Waals surface area contributed by atoms with Gasteiger partial charge in [0.05, 0.1) is 11.0 Å². The van der Waals surface area contributed by atoms with E-state index in [0.29, 0.717) is 5.82 Å². The lowest BCUT2D eigenvalue weighted by Crippen LogP contribution is -2.08. The molecule has 0 bridgehead atoms. The third kappa shape index (κ3) is 3.29. The highest BCUT2D eigenvalue weighted by atomic mass is 79.9. The molecule has 5 nitrogen and oxygen atoms in total. The Morgan fingerprint density at radius 1 is 1.32 bits per heavy atom. The summed E-state index contributed by atoms with van der Waals surface area (Å²) < 4.78 is 1.01. The molecule has 0 unspecified atom stereocenters. The van der Waals surface area contributed by atoms with E-state index in [-0.39, 0.29) is 11.7 Å². The molecular formula is C13H12BrN3O2. The molecule has 0 saturated heterocycles. The zero-order valence-electron chi connectivity index (χ0n) is 10.2. The predicted octanol–water partition coefficient (Wildman–Crippen LogP) is 3.93. The van der Waals surface area contributed by atoms with Crippen LogP contribution in [0.15, 0.2) is 47.1 Å². The van der Waals surface area contributed by atoms with Crippen LogP contribution in [0.25, 0.3) is 0 Å². The second-order valence-electron chi connectivity index (χ2n) is 4.05. The lowest BCUT2D eigenvalue weighted by molar-refractivity contribution is -0.385. The van der Waals surface area contributed by atoms with E-state index in [0.717, 1.165) is 10.0 Å². The average Bonchev–Trinajstić information content (AvgIpc) is 2.39. The molecule has 98 valence electrons. The number of rotatable bonds is 4. The van der Waals surface area contributed by atoms with Crippen molar-refractivity contribution >= 4 is 27.4 Å². The molecular weight excluding hydrogens is 310 g/mol. The molecule has 1 atom stereocenters. The molecule has 0 aliphatic rings. The number of aromatic nitrogens is 1. The van der Waals surface area contributed by atoms with E-state index < -0.39 is 4.92 Å². The fourth-order valence-corrected chi connectivity index (χ4v) is 2.33. The van der Waals surface area contributed by atoms with Gasteiger partial charge in [-0.25, -0.2) is 4.98 Å². The van der Waals surface area contributed by atoms with Gasteiger partial charge in [-0.3, -0.25) is 10.1 Å². The summed E-state index contributed by atoms with van der Waals surface area (Å²) in [6.45, 7) is 2.00. The van der Waals surface area contributed by atoms with Crippen molar-refractivity contribution < 1.29 is 4.92 Å². The van der Waals surface area contributed by atoms with E-state index >= 15 is 0 Å². The van der Waals surface area contributed by atoms with Gasteiger partial charge >= 0.3 is 0 Å². The first-order chi connectivity index (χ1) is 9.08. The van der Waals surface area contributed by atoms with Crippen LogP contribution in [0.2, 0.25) is 0 Å². The number of benzene rings is 1. The maximum atomic E-state index is 10.5. The number of nitrogens with one attached hydrogen (secondary N) is 1. The van der Waals surface area contributed by atoms with Gasteiger partial charge < -0.3 is 5.32 Å². The molecule has 1 heterocycles. The van der Waals surface area contributed by atoms with Crippen molar-refractivity contribution in [1.29, 1.82) is 0 Å². The largest absolute Gasteiger partial charge is 0.364 e.